The molecule has 2 unspecified atom stereocenters. The second kappa shape index (κ2) is 3.08. The maximum Gasteiger partial charge on any atom is 0.110 e. The van der Waals surface area contributed by atoms with Gasteiger partial charge in [0.25, 0.3) is 0 Å². The second-order valence-corrected chi connectivity index (χ2v) is 3.06. The Labute approximate surface area is 77.0 Å². The molecule has 0 amide bonds. The summed E-state index contributed by atoms with van der Waals surface area (Å²) in [5, 5.41) is 1.59. The van der Waals surface area contributed by atoms with Crippen LogP contribution in [0.5, 0.6) is 0 Å². The maximum absolute atomic E-state index is 5.91. The van der Waals surface area contributed by atoms with Crippen molar-refractivity contribution < 1.29 is 4.84 Å². The minimum Gasteiger partial charge on any atom is -0.310 e. The largest absolute Gasteiger partial charge is 0.310 e. The third kappa shape index (κ3) is 1.15. The van der Waals surface area contributed by atoms with Crippen LogP contribution in [0.25, 0.3) is 0 Å². The summed E-state index contributed by atoms with van der Waals surface area (Å²) in [6.07, 6.45) is -0.507. The van der Waals surface area contributed by atoms with E-state index in [9.17, 15) is 0 Å². The molecule has 0 spiro atoms. The second-order valence-electron chi connectivity index (χ2n) is 3.06. The van der Waals surface area contributed by atoms with Gasteiger partial charge in [-0.05, 0) is 11.1 Å². The SMILES string of the molecule is CON1C(N)c2ccccc2C1N. The molecule has 0 aromatic heterocycles. The van der Waals surface area contributed by atoms with Crippen molar-refractivity contribution >= 4 is 0 Å². The Kier molecular flexibility index (Phi) is 2.05. The zero-order valence-corrected chi connectivity index (χ0v) is 7.47. The molecule has 4 N–H and O–H groups in total. The van der Waals surface area contributed by atoms with Crippen LogP contribution in [-0.2, 0) is 4.84 Å². The van der Waals surface area contributed by atoms with Crippen LogP contribution < -0.4 is 11.5 Å². The molecule has 70 valence electrons. The molecule has 1 heterocycles. The van der Waals surface area contributed by atoms with Crippen molar-refractivity contribution in [3.05, 3.63) is 35.4 Å². The number of hydroxylamine groups is 2. The number of fused-ring (bicyclic) bond motifs is 1. The summed E-state index contributed by atoms with van der Waals surface area (Å²) in [6, 6.07) is 7.84. The van der Waals surface area contributed by atoms with E-state index in [4.69, 9.17) is 16.3 Å². The van der Waals surface area contributed by atoms with Crippen LogP contribution in [0, 0.1) is 0 Å². The summed E-state index contributed by atoms with van der Waals surface area (Å²) >= 11 is 0. The Hall–Kier alpha value is -0.940. The molecular weight excluding hydrogens is 166 g/mol. The van der Waals surface area contributed by atoms with E-state index in [1.54, 1.807) is 12.2 Å². The number of hydrogen-bond donors (Lipinski definition) is 2. The Morgan fingerprint density at radius 2 is 1.62 bits per heavy atom. The van der Waals surface area contributed by atoms with Crippen LogP contribution in [0.15, 0.2) is 24.3 Å². The lowest BCUT2D eigenvalue weighted by Gasteiger charge is -2.22. The first kappa shape index (κ1) is 8.65. The van der Waals surface area contributed by atoms with Crippen molar-refractivity contribution in [2.75, 3.05) is 7.11 Å². The summed E-state index contributed by atoms with van der Waals surface area (Å²) in [5.41, 5.74) is 13.9. The number of nitrogens with two attached hydrogens (primary N) is 2. The highest BCUT2D eigenvalue weighted by molar-refractivity contribution is 5.35. The average Bonchev–Trinajstić information content (AvgIpc) is 2.41. The molecule has 0 saturated heterocycles. The van der Waals surface area contributed by atoms with Gasteiger partial charge in [0.1, 0.15) is 12.3 Å². The molecule has 0 aliphatic carbocycles. The summed E-state index contributed by atoms with van der Waals surface area (Å²) in [4.78, 5) is 5.10. The monoisotopic (exact) mass is 179 g/mol. The zero-order valence-electron chi connectivity index (χ0n) is 7.47. The average molecular weight is 179 g/mol. The Balaban J connectivity index is 2.44. The number of nitrogens with zero attached hydrogens (tertiary/aromatic N) is 1. The number of hydrogen-bond acceptors (Lipinski definition) is 4. The zero-order chi connectivity index (χ0) is 9.42. The standard InChI is InChI=1S/C9H13N3O/c1-13-12-8(10)6-4-2-3-5-7(6)9(12)11/h2-5,8-9H,10-11H2,1H3. The molecule has 1 aliphatic heterocycles. The highest BCUT2D eigenvalue weighted by atomic mass is 16.7. The van der Waals surface area contributed by atoms with E-state index in [-0.39, 0.29) is 12.3 Å². The van der Waals surface area contributed by atoms with Crippen molar-refractivity contribution in [3.63, 3.8) is 0 Å². The Morgan fingerprint density at radius 1 is 1.15 bits per heavy atom. The fourth-order valence-electron chi connectivity index (χ4n) is 1.72. The highest BCUT2D eigenvalue weighted by Gasteiger charge is 2.33. The molecule has 1 aromatic rings. The lowest BCUT2D eigenvalue weighted by Crippen LogP contribution is -2.34. The topological polar surface area (TPSA) is 64.5 Å². The van der Waals surface area contributed by atoms with Crippen molar-refractivity contribution in [1.29, 1.82) is 0 Å². The molecule has 4 heteroatoms. The first-order chi connectivity index (χ1) is 6.25. The van der Waals surface area contributed by atoms with Gasteiger partial charge in [-0.15, -0.1) is 5.06 Å². The fraction of sp³-hybridized carbons (Fsp3) is 0.333. The highest BCUT2D eigenvalue weighted by Crippen LogP contribution is 2.35. The van der Waals surface area contributed by atoms with Crippen molar-refractivity contribution in [3.8, 4) is 0 Å². The Bertz CT molecular complexity index is 286. The van der Waals surface area contributed by atoms with Gasteiger partial charge < -0.3 is 11.5 Å². The van der Waals surface area contributed by atoms with Crippen LogP contribution in [0.1, 0.15) is 23.5 Å². The maximum atomic E-state index is 5.91. The van der Waals surface area contributed by atoms with Crippen molar-refractivity contribution in [1.82, 2.24) is 5.06 Å². The van der Waals surface area contributed by atoms with E-state index >= 15 is 0 Å². The van der Waals surface area contributed by atoms with Gasteiger partial charge >= 0.3 is 0 Å². The van der Waals surface area contributed by atoms with Crippen molar-refractivity contribution in [2.45, 2.75) is 12.3 Å². The third-order valence-corrected chi connectivity index (χ3v) is 2.39. The first-order valence-corrected chi connectivity index (χ1v) is 4.18. The molecule has 0 fully saturated rings. The number of benzene rings is 1. The normalized spacial score (nSPS) is 27.6. The summed E-state index contributed by atoms with van der Waals surface area (Å²) in [6.45, 7) is 0. The van der Waals surface area contributed by atoms with Crippen LogP contribution >= 0.6 is 0 Å². The van der Waals surface area contributed by atoms with Crippen molar-refractivity contribution in [2.24, 2.45) is 11.5 Å². The fourth-order valence-corrected chi connectivity index (χ4v) is 1.72. The summed E-state index contributed by atoms with van der Waals surface area (Å²) in [5.74, 6) is 0. The molecule has 13 heavy (non-hydrogen) atoms. The van der Waals surface area contributed by atoms with Gasteiger partial charge in [-0.3, -0.25) is 4.84 Å². The first-order valence-electron chi connectivity index (χ1n) is 4.18. The predicted octanol–water partition coefficient (Wildman–Crippen LogP) is 0.478. The van der Waals surface area contributed by atoms with Gasteiger partial charge in [0, 0.05) is 0 Å². The molecule has 1 aliphatic rings. The van der Waals surface area contributed by atoms with Gasteiger partial charge in [-0.2, -0.15) is 0 Å². The minimum absolute atomic E-state index is 0.254. The van der Waals surface area contributed by atoms with Gasteiger partial charge in [-0.1, -0.05) is 24.3 Å². The van der Waals surface area contributed by atoms with Gasteiger partial charge in [0.2, 0.25) is 0 Å². The van der Waals surface area contributed by atoms with Gasteiger partial charge in [0.05, 0.1) is 7.11 Å². The smallest absolute Gasteiger partial charge is 0.110 e. The molecule has 0 radical (unpaired) electrons. The summed E-state index contributed by atoms with van der Waals surface area (Å²) < 4.78 is 0. The Morgan fingerprint density at radius 3 is 2.00 bits per heavy atom. The lowest BCUT2D eigenvalue weighted by molar-refractivity contribution is -0.181. The molecule has 1 aromatic carbocycles. The third-order valence-electron chi connectivity index (χ3n) is 2.39. The molecule has 0 saturated carbocycles. The van der Waals surface area contributed by atoms with Crippen LogP contribution in [0.3, 0.4) is 0 Å². The molecule has 4 nitrogen and oxygen atoms in total. The van der Waals surface area contributed by atoms with Gasteiger partial charge in [0.15, 0.2) is 0 Å². The predicted molar refractivity (Wildman–Crippen MR) is 49.1 cm³/mol. The van der Waals surface area contributed by atoms with E-state index in [1.165, 1.54) is 0 Å². The molecular formula is C9H13N3O. The van der Waals surface area contributed by atoms with Gasteiger partial charge in [-0.25, -0.2) is 0 Å². The van der Waals surface area contributed by atoms with Crippen LogP contribution in [0.2, 0.25) is 0 Å². The van der Waals surface area contributed by atoms with E-state index in [1.807, 2.05) is 24.3 Å². The van der Waals surface area contributed by atoms with E-state index in [0.717, 1.165) is 11.1 Å². The minimum atomic E-state index is -0.254. The molecule has 2 atom stereocenters. The van der Waals surface area contributed by atoms with E-state index < -0.39 is 0 Å². The quantitative estimate of drug-likeness (QED) is 0.658. The lowest BCUT2D eigenvalue weighted by atomic mass is 10.1. The van der Waals surface area contributed by atoms with Crippen LogP contribution in [0.4, 0.5) is 0 Å². The molecule has 2 rings (SSSR count). The molecule has 0 bridgehead atoms. The number of rotatable bonds is 1. The van der Waals surface area contributed by atoms with E-state index in [0.29, 0.717) is 0 Å². The summed E-state index contributed by atoms with van der Waals surface area (Å²) in [7, 11) is 1.58. The van der Waals surface area contributed by atoms with E-state index in [2.05, 4.69) is 0 Å². The van der Waals surface area contributed by atoms with Crippen LogP contribution in [-0.4, -0.2) is 12.2 Å².